The third-order valence-electron chi connectivity index (χ3n) is 1.97. The normalized spacial score (nSPS) is 8.62. The molecule has 0 fully saturated rings. The molecule has 0 atom stereocenters. The number of nitroso groups, excluding NO2 is 1. The van der Waals surface area contributed by atoms with Crippen LogP contribution in [0, 0.1) is 4.91 Å². The van der Waals surface area contributed by atoms with Crippen LogP contribution < -0.4 is 11.7 Å². The summed E-state index contributed by atoms with van der Waals surface area (Å²) in [5.74, 6) is 7.92. The van der Waals surface area contributed by atoms with Gasteiger partial charge < -0.3 is 10.6 Å². The molecule has 0 aliphatic carbocycles. The van der Waals surface area contributed by atoms with Gasteiger partial charge >= 0.3 is 0 Å². The number of aromatic hydroxyl groups is 1. The van der Waals surface area contributed by atoms with Gasteiger partial charge in [0.25, 0.3) is 0 Å². The predicted molar refractivity (Wildman–Crippen MR) is 63.1 cm³/mol. The smallest absolute Gasteiger partial charge is 0.157 e. The first-order valence-electron chi connectivity index (χ1n) is 4.20. The number of benzene rings is 2. The van der Waals surface area contributed by atoms with Crippen LogP contribution in [0.4, 0.5) is 5.69 Å². The van der Waals surface area contributed by atoms with E-state index in [1.54, 1.807) is 18.2 Å². The average molecular weight is 223 g/mol. The lowest BCUT2D eigenvalue weighted by atomic mass is 10.1. The van der Waals surface area contributed by atoms with E-state index < -0.39 is 0 Å². The largest absolute Gasteiger partial charge is 0.506 e. The van der Waals surface area contributed by atoms with Crippen LogP contribution in [0.5, 0.6) is 5.75 Å². The molecule has 0 bridgehead atoms. The standard InChI is InChI=1S/C10H7NO2.H4N2.H2O/c12-9-6-5-7-3-1-2-4-8(7)10(9)11-13;1-2;/h1-6,12H;1-2H2;1H2. The zero-order chi connectivity index (χ0) is 11.3. The Labute approximate surface area is 91.7 Å². The van der Waals surface area contributed by atoms with Crippen molar-refractivity contribution in [3.8, 4) is 5.75 Å². The molecule has 6 heteroatoms. The lowest BCUT2D eigenvalue weighted by Gasteiger charge is -2.00. The van der Waals surface area contributed by atoms with Gasteiger partial charge in [0.05, 0.1) is 0 Å². The molecule has 16 heavy (non-hydrogen) atoms. The minimum atomic E-state index is -0.0753. The lowest BCUT2D eigenvalue weighted by Crippen LogP contribution is -2.02. The first kappa shape index (κ1) is 14.0. The van der Waals surface area contributed by atoms with Crippen molar-refractivity contribution < 1.29 is 10.6 Å². The number of rotatable bonds is 1. The van der Waals surface area contributed by atoms with E-state index >= 15 is 0 Å². The Morgan fingerprint density at radius 3 is 2.31 bits per heavy atom. The predicted octanol–water partition coefficient (Wildman–Crippen LogP) is 0.937. The summed E-state index contributed by atoms with van der Waals surface area (Å²) in [6.45, 7) is 0. The van der Waals surface area contributed by atoms with Gasteiger partial charge in [-0.2, -0.15) is 0 Å². The highest BCUT2D eigenvalue weighted by molar-refractivity contribution is 5.95. The molecule has 0 spiro atoms. The highest BCUT2D eigenvalue weighted by Crippen LogP contribution is 2.34. The fourth-order valence-electron chi connectivity index (χ4n) is 1.34. The second-order valence-corrected chi connectivity index (χ2v) is 2.75. The summed E-state index contributed by atoms with van der Waals surface area (Å²) < 4.78 is 0. The van der Waals surface area contributed by atoms with Gasteiger partial charge in [0.2, 0.25) is 0 Å². The Balaban J connectivity index is 0.000000711. The van der Waals surface area contributed by atoms with E-state index in [4.69, 9.17) is 0 Å². The van der Waals surface area contributed by atoms with E-state index in [0.717, 1.165) is 5.39 Å². The summed E-state index contributed by atoms with van der Waals surface area (Å²) in [4.78, 5) is 10.4. The molecule has 0 heterocycles. The van der Waals surface area contributed by atoms with Gasteiger partial charge in [0.15, 0.2) is 5.69 Å². The maximum absolute atomic E-state index is 10.4. The van der Waals surface area contributed by atoms with E-state index in [0.29, 0.717) is 5.39 Å². The van der Waals surface area contributed by atoms with Gasteiger partial charge in [0, 0.05) is 5.39 Å². The number of hydrogen-bond acceptors (Lipinski definition) is 5. The van der Waals surface area contributed by atoms with Crippen LogP contribution in [0.15, 0.2) is 41.6 Å². The van der Waals surface area contributed by atoms with Crippen molar-refractivity contribution >= 4 is 16.5 Å². The Morgan fingerprint density at radius 1 is 1.06 bits per heavy atom. The monoisotopic (exact) mass is 223 g/mol. The zero-order valence-electron chi connectivity index (χ0n) is 8.42. The topological polar surface area (TPSA) is 133 Å². The molecule has 6 nitrogen and oxygen atoms in total. The molecular formula is C10H13N3O3. The summed E-state index contributed by atoms with van der Waals surface area (Å²) in [5, 5.41) is 13.7. The number of nitrogens with zero attached hydrogens (tertiary/aromatic N) is 1. The lowest BCUT2D eigenvalue weighted by molar-refractivity contribution is 0.477. The number of hydrazine groups is 1. The van der Waals surface area contributed by atoms with Crippen LogP contribution in [-0.2, 0) is 0 Å². The minimum absolute atomic E-state index is 0. The first-order chi connectivity index (χ1) is 7.33. The third kappa shape index (κ3) is 2.51. The Hall–Kier alpha value is -2.02. The van der Waals surface area contributed by atoms with Gasteiger partial charge in [-0.3, -0.25) is 11.7 Å². The van der Waals surface area contributed by atoms with Crippen LogP contribution >= 0.6 is 0 Å². The van der Waals surface area contributed by atoms with Crippen molar-refractivity contribution in [3.63, 3.8) is 0 Å². The summed E-state index contributed by atoms with van der Waals surface area (Å²) in [6.07, 6.45) is 0. The van der Waals surface area contributed by atoms with Crippen LogP contribution in [0.1, 0.15) is 0 Å². The number of hydrogen-bond donors (Lipinski definition) is 3. The molecule has 2 rings (SSSR count). The molecule has 0 aliphatic heterocycles. The molecule has 0 radical (unpaired) electrons. The molecule has 0 saturated heterocycles. The molecule has 0 aliphatic rings. The molecule has 7 N–H and O–H groups in total. The number of fused-ring (bicyclic) bond motifs is 1. The summed E-state index contributed by atoms with van der Waals surface area (Å²) >= 11 is 0. The second-order valence-electron chi connectivity index (χ2n) is 2.75. The van der Waals surface area contributed by atoms with Gasteiger partial charge in [-0.1, -0.05) is 30.3 Å². The zero-order valence-corrected chi connectivity index (χ0v) is 8.42. The molecule has 2 aromatic rings. The molecule has 86 valence electrons. The van der Waals surface area contributed by atoms with E-state index in [9.17, 15) is 10.0 Å². The van der Waals surface area contributed by atoms with E-state index in [1.165, 1.54) is 6.07 Å². The maximum atomic E-state index is 10.4. The fourth-order valence-corrected chi connectivity index (χ4v) is 1.34. The Bertz CT molecular complexity index is 474. The van der Waals surface area contributed by atoms with Crippen molar-refractivity contribution in [1.82, 2.24) is 0 Å². The number of nitrogens with two attached hydrogens (primary N) is 2. The van der Waals surface area contributed by atoms with Crippen LogP contribution in [0.25, 0.3) is 10.8 Å². The molecule has 0 unspecified atom stereocenters. The van der Waals surface area contributed by atoms with Crippen molar-refractivity contribution in [2.75, 3.05) is 0 Å². The van der Waals surface area contributed by atoms with Crippen LogP contribution in [0.2, 0.25) is 0 Å². The molecule has 0 amide bonds. The van der Waals surface area contributed by atoms with Gasteiger partial charge in [-0.15, -0.1) is 4.91 Å². The number of phenols is 1. The van der Waals surface area contributed by atoms with Crippen LogP contribution in [0.3, 0.4) is 0 Å². The SMILES string of the molecule is NN.O.O=Nc1c(O)ccc2ccccc12. The Kier molecular flexibility index (Phi) is 5.65. The van der Waals surface area contributed by atoms with E-state index in [2.05, 4.69) is 16.9 Å². The van der Waals surface area contributed by atoms with Crippen molar-refractivity contribution in [3.05, 3.63) is 41.3 Å². The summed E-state index contributed by atoms with van der Waals surface area (Å²) in [5.41, 5.74) is 0.109. The molecule has 2 aromatic carbocycles. The van der Waals surface area contributed by atoms with Crippen LogP contribution in [-0.4, -0.2) is 10.6 Å². The molecule has 0 saturated carbocycles. The molecular weight excluding hydrogens is 210 g/mol. The van der Waals surface area contributed by atoms with Gasteiger partial charge in [-0.05, 0) is 16.6 Å². The third-order valence-corrected chi connectivity index (χ3v) is 1.97. The molecule has 0 aromatic heterocycles. The first-order valence-corrected chi connectivity index (χ1v) is 4.20. The highest BCUT2D eigenvalue weighted by Gasteiger charge is 2.05. The van der Waals surface area contributed by atoms with Crippen molar-refractivity contribution in [2.45, 2.75) is 0 Å². The van der Waals surface area contributed by atoms with Gasteiger partial charge in [0.1, 0.15) is 5.75 Å². The van der Waals surface area contributed by atoms with Crippen molar-refractivity contribution in [2.24, 2.45) is 16.9 Å². The van der Waals surface area contributed by atoms with Crippen molar-refractivity contribution in [1.29, 1.82) is 0 Å². The van der Waals surface area contributed by atoms with Gasteiger partial charge in [-0.25, -0.2) is 0 Å². The Morgan fingerprint density at radius 2 is 1.69 bits per heavy atom. The highest BCUT2D eigenvalue weighted by atomic mass is 16.3. The second kappa shape index (κ2) is 6.46. The fraction of sp³-hybridized carbons (Fsp3) is 0. The quantitative estimate of drug-likeness (QED) is 0.376. The maximum Gasteiger partial charge on any atom is 0.157 e. The minimum Gasteiger partial charge on any atom is -0.506 e. The summed E-state index contributed by atoms with van der Waals surface area (Å²) in [6, 6.07) is 10.5. The number of phenolic OH excluding ortho intramolecular Hbond substituents is 1. The van der Waals surface area contributed by atoms with E-state index in [1.807, 2.05) is 12.1 Å². The van der Waals surface area contributed by atoms with E-state index in [-0.39, 0.29) is 16.9 Å². The average Bonchev–Trinajstić information content (AvgIpc) is 2.32. The summed E-state index contributed by atoms with van der Waals surface area (Å²) in [7, 11) is 0.